The molecule has 6 rings (SSSR count). The van der Waals surface area contributed by atoms with E-state index in [0.29, 0.717) is 31.5 Å². The lowest BCUT2D eigenvalue weighted by atomic mass is 9.74. The van der Waals surface area contributed by atoms with Gasteiger partial charge in [-0.1, -0.05) is 57.2 Å². The lowest BCUT2D eigenvalue weighted by molar-refractivity contribution is -0.295. The molecule has 0 saturated carbocycles. The summed E-state index contributed by atoms with van der Waals surface area (Å²) in [5, 5.41) is 13.8. The van der Waals surface area contributed by atoms with Gasteiger partial charge in [0.05, 0.1) is 37.0 Å². The van der Waals surface area contributed by atoms with Crippen LogP contribution in [-0.2, 0) is 28.5 Å². The van der Waals surface area contributed by atoms with Gasteiger partial charge in [-0.25, -0.2) is 9.59 Å². The standard InChI is InChI=1S/C43H60N4O8/c1-25-21-26(2)39(49)53-30(6)43(8)37-29(5)35(45-18-19-47(37)41(50)55-43)27(3)23-42(7,38(25)54-40-36(48)34(46(9)10)22-28(4)52-40)51-20-12-15-31-13-11-14-32-24-44-17-16-33(31)32/h11-17,21,24-25,27-30,34,36-38,40,48H,18-20,22-23H2,1-10H3/b15-12+,26-21-/t25-,27+,28-,29-,30+,34+,36?,37+,38+,40+,42-,43+/m0/s1. The number of esters is 1. The average Bonchev–Trinajstić information content (AvgIpc) is 3.26. The fraction of sp³-hybridized carbons (Fsp3) is 0.628. The predicted octanol–water partition coefficient (Wildman–Crippen LogP) is 6.06. The number of aromatic nitrogens is 1. The van der Waals surface area contributed by atoms with Gasteiger partial charge in [0.15, 0.2) is 11.9 Å². The fourth-order valence-electron chi connectivity index (χ4n) is 9.47. The third kappa shape index (κ3) is 8.25. The van der Waals surface area contributed by atoms with Gasteiger partial charge in [0.25, 0.3) is 0 Å². The quantitative estimate of drug-likeness (QED) is 0.333. The normalized spacial score (nSPS) is 38.6. The number of fused-ring (bicyclic) bond motifs is 2. The molecule has 1 amide bonds. The summed E-state index contributed by atoms with van der Waals surface area (Å²) in [5.74, 6) is -1.26. The van der Waals surface area contributed by atoms with Gasteiger partial charge >= 0.3 is 12.1 Å². The summed E-state index contributed by atoms with van der Waals surface area (Å²) in [6.45, 7) is 16.7. The van der Waals surface area contributed by atoms with Crippen molar-refractivity contribution in [1.29, 1.82) is 0 Å². The zero-order valence-electron chi connectivity index (χ0n) is 34.1. The summed E-state index contributed by atoms with van der Waals surface area (Å²) >= 11 is 0. The Morgan fingerprint density at radius 1 is 1.11 bits per heavy atom. The number of aliphatic hydroxyl groups excluding tert-OH is 1. The molecule has 12 heteroatoms. The third-order valence-electron chi connectivity index (χ3n) is 12.3. The van der Waals surface area contributed by atoms with Gasteiger partial charge in [-0.05, 0) is 84.5 Å². The topological polar surface area (TPSA) is 132 Å². The highest BCUT2D eigenvalue weighted by molar-refractivity contribution is 5.91. The van der Waals surface area contributed by atoms with E-state index in [1.54, 1.807) is 24.9 Å². The highest BCUT2D eigenvalue weighted by Crippen LogP contribution is 2.43. The van der Waals surface area contributed by atoms with Gasteiger partial charge in [0.2, 0.25) is 0 Å². The van der Waals surface area contributed by atoms with E-state index in [9.17, 15) is 14.7 Å². The van der Waals surface area contributed by atoms with Crippen molar-refractivity contribution in [2.75, 3.05) is 33.8 Å². The Morgan fingerprint density at radius 3 is 2.62 bits per heavy atom. The van der Waals surface area contributed by atoms with Crippen LogP contribution in [0, 0.1) is 17.8 Å². The summed E-state index contributed by atoms with van der Waals surface area (Å²) in [4.78, 5) is 40.3. The smallest absolute Gasteiger partial charge is 0.410 e. The highest BCUT2D eigenvalue weighted by Gasteiger charge is 2.59. The molecule has 4 aliphatic rings. The molecule has 12 atom stereocenters. The summed E-state index contributed by atoms with van der Waals surface area (Å²) in [7, 11) is 3.90. The lowest BCUT2D eigenvalue weighted by Crippen LogP contribution is -2.59. The van der Waals surface area contributed by atoms with Crippen molar-refractivity contribution in [3.05, 3.63) is 59.9 Å². The Kier molecular flexibility index (Phi) is 12.2. The van der Waals surface area contributed by atoms with Crippen LogP contribution in [0.2, 0.25) is 0 Å². The van der Waals surface area contributed by atoms with E-state index in [1.165, 1.54) is 0 Å². The number of cyclic esters (lactones) is 1. The molecule has 5 heterocycles. The van der Waals surface area contributed by atoms with Gasteiger partial charge in [-0.15, -0.1) is 0 Å². The Hall–Kier alpha value is -3.68. The van der Waals surface area contributed by atoms with Crippen molar-refractivity contribution in [2.45, 2.75) is 122 Å². The Bertz CT molecular complexity index is 1810. The Balaban J connectivity index is 1.42. The first kappa shape index (κ1) is 41.0. The number of nitrogens with zero attached hydrogens (tertiary/aromatic N) is 4. The minimum Gasteiger partial charge on any atom is -0.455 e. The van der Waals surface area contributed by atoms with E-state index in [2.05, 4.69) is 31.0 Å². The maximum Gasteiger partial charge on any atom is 0.410 e. The van der Waals surface area contributed by atoms with Crippen LogP contribution in [0.4, 0.5) is 4.79 Å². The first-order valence-electron chi connectivity index (χ1n) is 19.8. The van der Waals surface area contributed by atoms with Crippen LogP contribution in [0.25, 0.3) is 16.8 Å². The predicted molar refractivity (Wildman–Crippen MR) is 212 cm³/mol. The van der Waals surface area contributed by atoms with E-state index < -0.39 is 59.8 Å². The van der Waals surface area contributed by atoms with Crippen LogP contribution < -0.4 is 0 Å². The molecule has 0 aliphatic carbocycles. The van der Waals surface area contributed by atoms with E-state index >= 15 is 0 Å². The highest BCUT2D eigenvalue weighted by atomic mass is 16.7. The van der Waals surface area contributed by atoms with Crippen LogP contribution in [0.15, 0.2) is 59.4 Å². The largest absolute Gasteiger partial charge is 0.455 e. The van der Waals surface area contributed by atoms with Gasteiger partial charge in [0.1, 0.15) is 12.2 Å². The number of hydrogen-bond donors (Lipinski definition) is 1. The molecule has 55 heavy (non-hydrogen) atoms. The molecular formula is C43H60N4O8. The number of ether oxygens (including phenoxy) is 5. The van der Waals surface area contributed by atoms with Crippen LogP contribution in [-0.4, -0.2) is 125 Å². The van der Waals surface area contributed by atoms with Crippen molar-refractivity contribution in [2.24, 2.45) is 22.7 Å². The second-order valence-corrected chi connectivity index (χ2v) is 16.7. The molecule has 12 nitrogen and oxygen atoms in total. The molecule has 2 bridgehead atoms. The summed E-state index contributed by atoms with van der Waals surface area (Å²) in [6.07, 6.45) is 6.79. The van der Waals surface area contributed by atoms with E-state index in [-0.39, 0.29) is 30.6 Å². The van der Waals surface area contributed by atoms with Crippen molar-refractivity contribution in [1.82, 2.24) is 14.8 Å². The number of carbonyl (C=O) groups is 2. The number of benzene rings is 1. The molecule has 300 valence electrons. The number of rotatable bonds is 7. The number of carbonyl (C=O) groups excluding carboxylic acids is 2. The molecule has 1 aromatic carbocycles. The van der Waals surface area contributed by atoms with E-state index in [1.807, 2.05) is 83.2 Å². The Morgan fingerprint density at radius 2 is 1.87 bits per heavy atom. The molecule has 0 spiro atoms. The summed E-state index contributed by atoms with van der Waals surface area (Å²) in [6, 6.07) is 7.53. The molecule has 1 aromatic heterocycles. The van der Waals surface area contributed by atoms with Gasteiger partial charge in [-0.2, -0.15) is 0 Å². The number of hydrogen-bond acceptors (Lipinski definition) is 11. The maximum atomic E-state index is 13.8. The second kappa shape index (κ2) is 16.4. The van der Waals surface area contributed by atoms with Gasteiger partial charge in [-0.3, -0.25) is 14.9 Å². The maximum absolute atomic E-state index is 13.8. The molecule has 2 fully saturated rings. The minimum absolute atomic E-state index is 0.121. The summed E-state index contributed by atoms with van der Waals surface area (Å²) < 4.78 is 32.5. The van der Waals surface area contributed by atoms with E-state index in [0.717, 1.165) is 22.0 Å². The fourth-order valence-corrected chi connectivity index (χ4v) is 9.47. The second-order valence-electron chi connectivity index (χ2n) is 16.7. The monoisotopic (exact) mass is 760 g/mol. The molecule has 1 N–H and O–H groups in total. The van der Waals surface area contributed by atoms with Crippen molar-refractivity contribution in [3.63, 3.8) is 0 Å². The van der Waals surface area contributed by atoms with Crippen LogP contribution in [0.1, 0.15) is 73.8 Å². The first-order chi connectivity index (χ1) is 26.0. The number of aliphatic hydroxyl groups is 1. The number of pyridine rings is 1. The molecule has 1 unspecified atom stereocenters. The molecule has 2 saturated heterocycles. The van der Waals surface area contributed by atoms with Crippen molar-refractivity contribution >= 4 is 34.6 Å². The zero-order valence-corrected chi connectivity index (χ0v) is 34.1. The van der Waals surface area contributed by atoms with Crippen LogP contribution >= 0.6 is 0 Å². The number of aliphatic imine (C=N–C) groups is 1. The number of amides is 1. The van der Waals surface area contributed by atoms with Crippen LogP contribution in [0.5, 0.6) is 0 Å². The number of likely N-dealkylation sites (N-methyl/N-ethyl adjacent to an activating group) is 1. The SMILES string of the molecule is C/C1=C/[C@H](C)[C@@H](O[C@H]2O[C@@H](C)C[C@@H](N(C)C)C2O)[C@@](C)(OC/C=C/c2cccc3cnccc23)C[C@@H](C)C2=NCCN3C(=O)O[C@](C)([C@@H](C)OC1=O)[C@H]3[C@H]2C. The van der Waals surface area contributed by atoms with Gasteiger partial charge < -0.3 is 33.7 Å². The van der Waals surface area contributed by atoms with Crippen molar-refractivity contribution in [3.8, 4) is 0 Å². The zero-order chi connectivity index (χ0) is 39.8. The van der Waals surface area contributed by atoms with Crippen LogP contribution in [0.3, 0.4) is 0 Å². The van der Waals surface area contributed by atoms with Gasteiger partial charge in [0, 0.05) is 53.5 Å². The molecule has 4 aliphatic heterocycles. The minimum atomic E-state index is -1.10. The third-order valence-corrected chi connectivity index (χ3v) is 12.3. The average molecular weight is 761 g/mol. The summed E-state index contributed by atoms with van der Waals surface area (Å²) in [5.41, 5.74) is 0.271. The molecular weight excluding hydrogens is 700 g/mol. The molecule has 2 aromatic rings. The Labute approximate surface area is 325 Å². The first-order valence-corrected chi connectivity index (χ1v) is 19.8. The lowest BCUT2D eigenvalue weighted by Gasteiger charge is -2.47. The molecule has 0 radical (unpaired) electrons. The van der Waals surface area contributed by atoms with E-state index in [4.69, 9.17) is 28.7 Å². The van der Waals surface area contributed by atoms with Crippen molar-refractivity contribution < 1.29 is 38.4 Å².